The minimum Gasteiger partial charge on any atom is -0.279 e. The van der Waals surface area contributed by atoms with Gasteiger partial charge >= 0.3 is 0 Å². The Labute approximate surface area is 137 Å². The number of aryl methyl sites for hydroxylation is 2. The second-order valence-corrected chi connectivity index (χ2v) is 5.93. The van der Waals surface area contributed by atoms with Crippen molar-refractivity contribution in [1.29, 1.82) is 0 Å². The molecular formula is C15H12Cl3N3. The Kier molecular flexibility index (Phi) is 4.07. The van der Waals surface area contributed by atoms with E-state index in [1.807, 2.05) is 29.7 Å². The number of pyridine rings is 1. The van der Waals surface area contributed by atoms with Crippen LogP contribution in [0.4, 0.5) is 0 Å². The number of nitrogens with zero attached hydrogens (tertiary/aromatic N) is 3. The van der Waals surface area contributed by atoms with Crippen LogP contribution >= 0.6 is 34.8 Å². The second kappa shape index (κ2) is 5.84. The number of aromatic nitrogens is 3. The molecule has 0 amide bonds. The van der Waals surface area contributed by atoms with Crippen molar-refractivity contribution in [3.05, 3.63) is 51.9 Å². The molecule has 0 unspecified atom stereocenters. The molecule has 0 spiro atoms. The Morgan fingerprint density at radius 3 is 2.76 bits per heavy atom. The zero-order chi connectivity index (χ0) is 15.0. The summed E-state index contributed by atoms with van der Waals surface area (Å²) in [5, 5.41) is 1.21. The molecule has 3 aromatic rings. The SMILES string of the molecule is Cc1cccc(Cl)c1-n1c(CCCl)nc2cc(Cl)cnc21. The van der Waals surface area contributed by atoms with Crippen LogP contribution in [0.15, 0.2) is 30.5 Å². The number of hydrogen-bond donors (Lipinski definition) is 0. The lowest BCUT2D eigenvalue weighted by Crippen LogP contribution is -2.05. The van der Waals surface area contributed by atoms with E-state index in [0.717, 1.165) is 28.2 Å². The first kappa shape index (κ1) is 14.6. The maximum absolute atomic E-state index is 6.39. The van der Waals surface area contributed by atoms with Gasteiger partial charge in [-0.25, -0.2) is 9.97 Å². The van der Waals surface area contributed by atoms with E-state index in [1.54, 1.807) is 12.3 Å². The van der Waals surface area contributed by atoms with E-state index >= 15 is 0 Å². The predicted molar refractivity (Wildman–Crippen MR) is 88.0 cm³/mol. The lowest BCUT2D eigenvalue weighted by molar-refractivity contribution is 0.900. The molecule has 2 heterocycles. The molecule has 0 atom stereocenters. The fourth-order valence-electron chi connectivity index (χ4n) is 2.38. The topological polar surface area (TPSA) is 30.7 Å². The summed E-state index contributed by atoms with van der Waals surface area (Å²) >= 11 is 18.3. The van der Waals surface area contributed by atoms with E-state index in [-0.39, 0.29) is 0 Å². The maximum atomic E-state index is 6.39. The number of fused-ring (bicyclic) bond motifs is 1. The summed E-state index contributed by atoms with van der Waals surface area (Å²) in [5.41, 5.74) is 3.41. The molecular weight excluding hydrogens is 329 g/mol. The number of rotatable bonds is 3. The van der Waals surface area contributed by atoms with Crippen LogP contribution in [0.25, 0.3) is 16.9 Å². The van der Waals surface area contributed by atoms with Crippen LogP contribution in [0, 0.1) is 6.92 Å². The average molecular weight is 341 g/mol. The first-order chi connectivity index (χ1) is 10.1. The summed E-state index contributed by atoms with van der Waals surface area (Å²) < 4.78 is 1.96. The van der Waals surface area contributed by atoms with Gasteiger partial charge in [-0.1, -0.05) is 35.3 Å². The van der Waals surface area contributed by atoms with E-state index in [9.17, 15) is 0 Å². The zero-order valence-electron chi connectivity index (χ0n) is 11.3. The lowest BCUT2D eigenvalue weighted by Gasteiger charge is -2.12. The van der Waals surface area contributed by atoms with Crippen molar-refractivity contribution < 1.29 is 0 Å². The van der Waals surface area contributed by atoms with Gasteiger partial charge in [0.25, 0.3) is 0 Å². The molecule has 6 heteroatoms. The lowest BCUT2D eigenvalue weighted by atomic mass is 10.2. The van der Waals surface area contributed by atoms with Crippen LogP contribution < -0.4 is 0 Å². The molecule has 0 aliphatic rings. The quantitative estimate of drug-likeness (QED) is 0.640. The van der Waals surface area contributed by atoms with E-state index in [4.69, 9.17) is 34.8 Å². The van der Waals surface area contributed by atoms with Gasteiger partial charge in [0.2, 0.25) is 0 Å². The fraction of sp³-hybridized carbons (Fsp3) is 0.200. The van der Waals surface area contributed by atoms with Crippen molar-refractivity contribution in [2.45, 2.75) is 13.3 Å². The molecule has 108 valence electrons. The summed E-state index contributed by atoms with van der Waals surface area (Å²) in [6.45, 7) is 2.01. The molecule has 3 nitrogen and oxygen atoms in total. The third-order valence-corrected chi connectivity index (χ3v) is 3.96. The van der Waals surface area contributed by atoms with Gasteiger partial charge in [-0.15, -0.1) is 11.6 Å². The zero-order valence-corrected chi connectivity index (χ0v) is 13.5. The van der Waals surface area contributed by atoms with E-state index < -0.39 is 0 Å². The second-order valence-electron chi connectivity index (χ2n) is 4.70. The molecule has 0 fully saturated rings. The van der Waals surface area contributed by atoms with Gasteiger partial charge in [0.15, 0.2) is 5.65 Å². The van der Waals surface area contributed by atoms with Gasteiger partial charge in [0.05, 0.1) is 15.7 Å². The minimum atomic E-state index is 0.473. The van der Waals surface area contributed by atoms with Crippen molar-refractivity contribution >= 4 is 46.0 Å². The molecule has 0 bridgehead atoms. The van der Waals surface area contributed by atoms with Gasteiger partial charge in [0.1, 0.15) is 11.3 Å². The van der Waals surface area contributed by atoms with Gasteiger partial charge in [-0.05, 0) is 24.6 Å². The highest BCUT2D eigenvalue weighted by atomic mass is 35.5. The molecule has 3 rings (SSSR count). The number of alkyl halides is 1. The van der Waals surface area contributed by atoms with Crippen molar-refractivity contribution in [2.24, 2.45) is 0 Å². The third-order valence-electron chi connectivity index (χ3n) is 3.26. The molecule has 0 N–H and O–H groups in total. The first-order valence-electron chi connectivity index (χ1n) is 6.46. The Hall–Kier alpha value is -1.29. The maximum Gasteiger partial charge on any atom is 0.164 e. The van der Waals surface area contributed by atoms with Gasteiger partial charge < -0.3 is 0 Å². The highest BCUT2D eigenvalue weighted by molar-refractivity contribution is 6.32. The molecule has 0 saturated heterocycles. The van der Waals surface area contributed by atoms with Crippen molar-refractivity contribution in [3.63, 3.8) is 0 Å². The smallest absolute Gasteiger partial charge is 0.164 e. The average Bonchev–Trinajstić information content (AvgIpc) is 2.77. The Morgan fingerprint density at radius 2 is 2.05 bits per heavy atom. The summed E-state index contributed by atoms with van der Waals surface area (Å²) in [6.07, 6.45) is 2.24. The van der Waals surface area contributed by atoms with Crippen LogP contribution in [-0.4, -0.2) is 20.4 Å². The normalized spacial score (nSPS) is 11.2. The Morgan fingerprint density at radius 1 is 1.24 bits per heavy atom. The summed E-state index contributed by atoms with van der Waals surface area (Å²) in [7, 11) is 0. The van der Waals surface area contributed by atoms with Crippen molar-refractivity contribution in [3.8, 4) is 5.69 Å². The van der Waals surface area contributed by atoms with E-state index in [1.165, 1.54) is 0 Å². The Balaban J connectivity index is 2.36. The van der Waals surface area contributed by atoms with Crippen LogP contribution in [0.1, 0.15) is 11.4 Å². The summed E-state index contributed by atoms with van der Waals surface area (Å²) in [6, 6.07) is 7.58. The number of para-hydroxylation sites is 1. The molecule has 0 aliphatic carbocycles. The van der Waals surface area contributed by atoms with Crippen LogP contribution in [0.3, 0.4) is 0 Å². The standard InChI is InChI=1S/C15H12Cl3N3/c1-9-3-2-4-11(18)14(9)21-13(5-6-16)20-12-7-10(17)8-19-15(12)21/h2-4,7-8H,5-6H2,1H3. The molecule has 0 aliphatic heterocycles. The van der Waals surface area contributed by atoms with Crippen LogP contribution in [-0.2, 0) is 6.42 Å². The predicted octanol–water partition coefficient (Wildman–Crippen LogP) is 4.82. The summed E-state index contributed by atoms with van der Waals surface area (Å²) in [4.78, 5) is 9.00. The largest absolute Gasteiger partial charge is 0.279 e. The number of hydrogen-bond acceptors (Lipinski definition) is 2. The van der Waals surface area contributed by atoms with Gasteiger partial charge in [-0.2, -0.15) is 0 Å². The minimum absolute atomic E-state index is 0.473. The summed E-state index contributed by atoms with van der Waals surface area (Å²) in [5.74, 6) is 1.30. The first-order valence-corrected chi connectivity index (χ1v) is 7.75. The molecule has 21 heavy (non-hydrogen) atoms. The number of benzene rings is 1. The molecule has 0 radical (unpaired) electrons. The van der Waals surface area contributed by atoms with E-state index in [2.05, 4.69) is 9.97 Å². The highest BCUT2D eigenvalue weighted by Crippen LogP contribution is 2.29. The fourth-order valence-corrected chi connectivity index (χ4v) is 3.01. The van der Waals surface area contributed by atoms with Crippen molar-refractivity contribution in [2.75, 3.05) is 5.88 Å². The number of halogens is 3. The number of imidazole rings is 1. The van der Waals surface area contributed by atoms with Crippen LogP contribution in [0.2, 0.25) is 10.0 Å². The molecule has 2 aromatic heterocycles. The monoisotopic (exact) mass is 339 g/mol. The van der Waals surface area contributed by atoms with Crippen molar-refractivity contribution in [1.82, 2.24) is 14.5 Å². The highest BCUT2D eigenvalue weighted by Gasteiger charge is 2.17. The Bertz CT molecular complexity index is 791. The van der Waals surface area contributed by atoms with Gasteiger partial charge in [-0.3, -0.25) is 4.57 Å². The van der Waals surface area contributed by atoms with Crippen LogP contribution in [0.5, 0.6) is 0 Å². The van der Waals surface area contributed by atoms with Gasteiger partial charge in [0, 0.05) is 18.5 Å². The third kappa shape index (κ3) is 2.61. The molecule has 0 saturated carbocycles. The van der Waals surface area contributed by atoms with E-state index in [0.29, 0.717) is 22.3 Å². The molecule has 1 aromatic carbocycles.